The molecule has 23 heavy (non-hydrogen) atoms. The number of quaternary nitrogens is 1. The lowest BCUT2D eigenvalue weighted by Crippen LogP contribution is -2.51. The molecule has 124 valence electrons. The molecule has 2 atom stereocenters. The van der Waals surface area contributed by atoms with E-state index in [4.69, 9.17) is 4.74 Å². The van der Waals surface area contributed by atoms with E-state index in [0.29, 0.717) is 26.2 Å². The van der Waals surface area contributed by atoms with Crippen molar-refractivity contribution in [3.05, 3.63) is 52.6 Å². The molecule has 2 unspecified atom stereocenters. The van der Waals surface area contributed by atoms with Crippen LogP contribution < -0.4 is 0 Å². The molecule has 2 aromatic rings. The van der Waals surface area contributed by atoms with Gasteiger partial charge in [-0.1, -0.05) is 13.0 Å². The van der Waals surface area contributed by atoms with Gasteiger partial charge >= 0.3 is 0 Å². The molecule has 0 aliphatic carbocycles. The summed E-state index contributed by atoms with van der Waals surface area (Å²) < 4.78 is 7.79. The molecule has 1 saturated heterocycles. The van der Waals surface area contributed by atoms with E-state index < -0.39 is 0 Å². The number of pyridine rings is 1. The highest BCUT2D eigenvalue weighted by molar-refractivity contribution is 5.33. The summed E-state index contributed by atoms with van der Waals surface area (Å²) in [6, 6.07) is 8.21. The van der Waals surface area contributed by atoms with Crippen LogP contribution in [0.25, 0.3) is 5.82 Å². The van der Waals surface area contributed by atoms with Crippen LogP contribution in [0, 0.1) is 19.1 Å². The van der Waals surface area contributed by atoms with Crippen molar-refractivity contribution in [2.24, 2.45) is 0 Å². The van der Waals surface area contributed by atoms with Crippen molar-refractivity contribution in [3.8, 4) is 5.82 Å². The zero-order valence-corrected chi connectivity index (χ0v) is 14.2. The summed E-state index contributed by atoms with van der Waals surface area (Å²) in [5.41, 5.74) is 3.31. The standard InChI is InChI=1S/C18H25N3O2/c1-4-9-21(22)10-11-23-17(13-21)16-7-8-18(19-12-16)20-14(2)5-6-15(20)3/h5-8,12,17H,4,9-11,13H2,1-3H3. The number of aryl methyl sites for hydroxylation is 2. The molecule has 3 heterocycles. The predicted octanol–water partition coefficient (Wildman–Crippen LogP) is 3.29. The summed E-state index contributed by atoms with van der Waals surface area (Å²) in [4.78, 5) is 4.59. The molecular weight excluding hydrogens is 290 g/mol. The van der Waals surface area contributed by atoms with Gasteiger partial charge in [-0.05, 0) is 38.5 Å². The van der Waals surface area contributed by atoms with Gasteiger partial charge in [0.2, 0.25) is 0 Å². The zero-order valence-electron chi connectivity index (χ0n) is 14.2. The average molecular weight is 315 g/mol. The van der Waals surface area contributed by atoms with Crippen LogP contribution in [0.2, 0.25) is 0 Å². The van der Waals surface area contributed by atoms with Crippen LogP contribution in [-0.2, 0) is 4.74 Å². The van der Waals surface area contributed by atoms with Crippen molar-refractivity contribution < 1.29 is 9.38 Å². The van der Waals surface area contributed by atoms with Crippen LogP contribution in [0.1, 0.15) is 36.4 Å². The van der Waals surface area contributed by atoms with Crippen LogP contribution in [-0.4, -0.2) is 40.4 Å². The molecule has 2 aromatic heterocycles. The minimum Gasteiger partial charge on any atom is -0.633 e. The van der Waals surface area contributed by atoms with Gasteiger partial charge in [0.1, 0.15) is 25.0 Å². The fourth-order valence-corrected chi connectivity index (χ4v) is 3.37. The van der Waals surface area contributed by atoms with Crippen LogP contribution in [0.4, 0.5) is 0 Å². The lowest BCUT2D eigenvalue weighted by molar-refractivity contribution is -0.893. The minimum absolute atomic E-state index is 0.152. The third kappa shape index (κ3) is 3.32. The summed E-state index contributed by atoms with van der Waals surface area (Å²) >= 11 is 0. The Balaban J connectivity index is 1.80. The van der Waals surface area contributed by atoms with E-state index in [2.05, 4.69) is 42.5 Å². The molecule has 0 radical (unpaired) electrons. The van der Waals surface area contributed by atoms with Crippen molar-refractivity contribution in [1.82, 2.24) is 9.55 Å². The Kier molecular flexibility index (Phi) is 4.53. The Labute approximate surface area is 137 Å². The van der Waals surface area contributed by atoms with Crippen molar-refractivity contribution in [2.45, 2.75) is 33.3 Å². The Morgan fingerprint density at radius 1 is 1.26 bits per heavy atom. The number of hydrogen-bond donors (Lipinski definition) is 0. The Bertz CT molecular complexity index is 642. The molecule has 0 saturated carbocycles. The fraction of sp³-hybridized carbons (Fsp3) is 0.500. The highest BCUT2D eigenvalue weighted by Crippen LogP contribution is 2.27. The first-order valence-electron chi connectivity index (χ1n) is 8.32. The maximum Gasteiger partial charge on any atom is 0.136 e. The van der Waals surface area contributed by atoms with Gasteiger partial charge in [-0.3, -0.25) is 0 Å². The lowest BCUT2D eigenvalue weighted by Gasteiger charge is -2.47. The summed E-state index contributed by atoms with van der Waals surface area (Å²) in [5, 5.41) is 12.7. The van der Waals surface area contributed by atoms with E-state index >= 15 is 0 Å². The zero-order chi connectivity index (χ0) is 16.4. The van der Waals surface area contributed by atoms with E-state index in [0.717, 1.165) is 29.2 Å². The molecule has 3 rings (SSSR count). The minimum atomic E-state index is -0.154. The SMILES string of the molecule is CCC[N+]1([O-])CCOC(c2ccc(-n3c(C)ccc3C)nc2)C1. The van der Waals surface area contributed by atoms with E-state index in [1.54, 1.807) is 0 Å². The molecule has 1 fully saturated rings. The van der Waals surface area contributed by atoms with Crippen molar-refractivity contribution in [3.63, 3.8) is 0 Å². The van der Waals surface area contributed by atoms with Gasteiger partial charge in [-0.2, -0.15) is 0 Å². The Morgan fingerprint density at radius 2 is 2.00 bits per heavy atom. The molecule has 0 amide bonds. The normalized spacial score (nSPS) is 24.8. The van der Waals surface area contributed by atoms with E-state index in [-0.39, 0.29) is 10.8 Å². The maximum absolute atomic E-state index is 12.7. The Hall–Kier alpha value is -1.69. The molecule has 0 N–H and O–H groups in total. The third-order valence-electron chi connectivity index (χ3n) is 4.59. The van der Waals surface area contributed by atoms with Gasteiger partial charge in [-0.15, -0.1) is 0 Å². The molecule has 0 spiro atoms. The van der Waals surface area contributed by atoms with Gasteiger partial charge in [0.25, 0.3) is 0 Å². The van der Waals surface area contributed by atoms with Crippen molar-refractivity contribution in [1.29, 1.82) is 0 Å². The first kappa shape index (κ1) is 16.2. The average Bonchev–Trinajstić information content (AvgIpc) is 2.86. The number of morpholine rings is 1. The molecular formula is C18H25N3O2. The maximum atomic E-state index is 12.7. The van der Waals surface area contributed by atoms with E-state index in [1.807, 2.05) is 18.3 Å². The summed E-state index contributed by atoms with van der Waals surface area (Å²) in [6.07, 6.45) is 2.60. The van der Waals surface area contributed by atoms with Crippen molar-refractivity contribution in [2.75, 3.05) is 26.2 Å². The van der Waals surface area contributed by atoms with Gasteiger partial charge in [-0.25, -0.2) is 4.98 Å². The van der Waals surface area contributed by atoms with E-state index in [1.165, 1.54) is 0 Å². The molecule has 5 nitrogen and oxygen atoms in total. The van der Waals surface area contributed by atoms with Gasteiger partial charge in [0.05, 0.1) is 13.2 Å². The second-order valence-corrected chi connectivity index (χ2v) is 6.45. The van der Waals surface area contributed by atoms with Gasteiger partial charge in [0.15, 0.2) is 0 Å². The molecule has 0 aromatic carbocycles. The van der Waals surface area contributed by atoms with Crippen molar-refractivity contribution >= 4 is 0 Å². The van der Waals surface area contributed by atoms with Crippen LogP contribution in [0.3, 0.4) is 0 Å². The topological polar surface area (TPSA) is 50.1 Å². The van der Waals surface area contributed by atoms with Gasteiger partial charge < -0.3 is 19.2 Å². The number of rotatable bonds is 4. The second-order valence-electron chi connectivity index (χ2n) is 6.45. The largest absolute Gasteiger partial charge is 0.633 e. The number of nitrogens with zero attached hydrogens (tertiary/aromatic N) is 3. The van der Waals surface area contributed by atoms with E-state index in [9.17, 15) is 5.21 Å². The number of ether oxygens (including phenoxy) is 1. The molecule has 5 heteroatoms. The highest BCUT2D eigenvalue weighted by atomic mass is 16.6. The first-order chi connectivity index (χ1) is 11.0. The van der Waals surface area contributed by atoms with Gasteiger partial charge in [0, 0.05) is 23.1 Å². The Morgan fingerprint density at radius 3 is 2.61 bits per heavy atom. The number of aromatic nitrogens is 2. The lowest BCUT2D eigenvalue weighted by atomic mass is 10.1. The highest BCUT2D eigenvalue weighted by Gasteiger charge is 2.29. The third-order valence-corrected chi connectivity index (χ3v) is 4.59. The number of hydroxylamine groups is 3. The molecule has 0 bridgehead atoms. The quantitative estimate of drug-likeness (QED) is 0.642. The smallest absolute Gasteiger partial charge is 0.136 e. The van der Waals surface area contributed by atoms with Crippen LogP contribution in [0.5, 0.6) is 0 Å². The monoisotopic (exact) mass is 315 g/mol. The summed E-state index contributed by atoms with van der Waals surface area (Å²) in [5.74, 6) is 0.904. The first-order valence-corrected chi connectivity index (χ1v) is 8.32. The molecule has 1 aliphatic heterocycles. The van der Waals surface area contributed by atoms with Crippen LogP contribution >= 0.6 is 0 Å². The summed E-state index contributed by atoms with van der Waals surface area (Å²) in [6.45, 7) is 8.41. The predicted molar refractivity (Wildman–Crippen MR) is 90.3 cm³/mol. The van der Waals surface area contributed by atoms with Crippen LogP contribution in [0.15, 0.2) is 30.5 Å². The summed E-state index contributed by atoms with van der Waals surface area (Å²) in [7, 11) is 0. The second kappa shape index (κ2) is 6.43. The molecule has 1 aliphatic rings. The number of hydrogen-bond acceptors (Lipinski definition) is 3. The fourth-order valence-electron chi connectivity index (χ4n) is 3.37.